The van der Waals surface area contributed by atoms with Crippen LogP contribution in [0, 0.1) is 0 Å². The summed E-state index contributed by atoms with van der Waals surface area (Å²) in [6.45, 7) is 2.49. The molecular weight excluding hydrogens is 334 g/mol. The van der Waals surface area contributed by atoms with Gasteiger partial charge in [-0.1, -0.05) is 5.21 Å². The second-order valence-corrected chi connectivity index (χ2v) is 6.29. The Morgan fingerprint density at radius 3 is 2.65 bits per heavy atom. The Labute approximate surface area is 150 Å². The zero-order valence-electron chi connectivity index (χ0n) is 14.8. The summed E-state index contributed by atoms with van der Waals surface area (Å²) in [4.78, 5) is 19.0. The van der Waals surface area contributed by atoms with Crippen molar-refractivity contribution in [1.29, 1.82) is 0 Å². The molecule has 3 aromatic rings. The fourth-order valence-electron chi connectivity index (χ4n) is 3.35. The van der Waals surface area contributed by atoms with Crippen molar-refractivity contribution in [2.45, 2.75) is 25.9 Å². The number of methoxy groups -OCH3 is 2. The van der Waals surface area contributed by atoms with Gasteiger partial charge >= 0.3 is 6.03 Å². The van der Waals surface area contributed by atoms with Crippen molar-refractivity contribution >= 4 is 17.2 Å². The van der Waals surface area contributed by atoms with Gasteiger partial charge in [-0.15, -0.1) is 5.10 Å². The normalized spacial score (nSPS) is 16.4. The number of nitrogens with zero attached hydrogens (tertiary/aromatic N) is 5. The predicted octanol–water partition coefficient (Wildman–Crippen LogP) is 2.26. The van der Waals surface area contributed by atoms with Gasteiger partial charge < -0.3 is 14.4 Å². The number of hydrogen-bond acceptors (Lipinski definition) is 6. The van der Waals surface area contributed by atoms with Crippen molar-refractivity contribution in [3.05, 3.63) is 41.6 Å². The molecule has 0 saturated heterocycles. The minimum absolute atomic E-state index is 0.0176. The molecule has 1 unspecified atom stereocenters. The van der Waals surface area contributed by atoms with Gasteiger partial charge in [-0.05, 0) is 48.7 Å². The summed E-state index contributed by atoms with van der Waals surface area (Å²) >= 11 is 0. The maximum Gasteiger partial charge on any atom is 0.347 e. The molecule has 1 aliphatic heterocycles. The lowest BCUT2D eigenvalue weighted by Gasteiger charge is -2.34. The van der Waals surface area contributed by atoms with Crippen LogP contribution in [-0.2, 0) is 13.0 Å². The highest BCUT2D eigenvalue weighted by atomic mass is 16.5. The molecule has 0 spiro atoms. The molecular formula is C18H19N5O3. The van der Waals surface area contributed by atoms with Gasteiger partial charge in [-0.2, -0.15) is 4.68 Å². The molecule has 2 aromatic heterocycles. The molecule has 8 heteroatoms. The molecule has 1 amide bonds. The van der Waals surface area contributed by atoms with Crippen molar-refractivity contribution < 1.29 is 14.3 Å². The average molecular weight is 353 g/mol. The quantitative estimate of drug-likeness (QED) is 0.703. The number of carbonyl (C=O) groups is 1. The summed E-state index contributed by atoms with van der Waals surface area (Å²) < 4.78 is 12.1. The van der Waals surface area contributed by atoms with Crippen LogP contribution < -0.4 is 9.47 Å². The largest absolute Gasteiger partial charge is 0.493 e. The lowest BCUT2D eigenvalue weighted by atomic mass is 9.94. The minimum atomic E-state index is -0.214. The lowest BCUT2D eigenvalue weighted by molar-refractivity contribution is 0.167. The van der Waals surface area contributed by atoms with E-state index in [1.807, 2.05) is 19.1 Å². The number of amides is 1. The van der Waals surface area contributed by atoms with E-state index in [1.54, 1.807) is 37.4 Å². The molecule has 0 N–H and O–H groups in total. The third-order valence-electron chi connectivity index (χ3n) is 4.74. The molecule has 4 rings (SSSR count). The summed E-state index contributed by atoms with van der Waals surface area (Å²) in [7, 11) is 3.23. The predicted molar refractivity (Wildman–Crippen MR) is 94.4 cm³/mol. The number of benzene rings is 1. The molecule has 0 aliphatic carbocycles. The topological polar surface area (TPSA) is 82.4 Å². The van der Waals surface area contributed by atoms with E-state index >= 15 is 0 Å². The second-order valence-electron chi connectivity index (χ2n) is 6.29. The lowest BCUT2D eigenvalue weighted by Crippen LogP contribution is -2.45. The highest BCUT2D eigenvalue weighted by Crippen LogP contribution is 2.34. The van der Waals surface area contributed by atoms with E-state index in [0.29, 0.717) is 29.2 Å². The van der Waals surface area contributed by atoms with Gasteiger partial charge in [0.2, 0.25) is 5.65 Å². The fourth-order valence-corrected chi connectivity index (χ4v) is 3.35. The van der Waals surface area contributed by atoms with Gasteiger partial charge in [-0.3, -0.25) is 0 Å². The number of fused-ring (bicyclic) bond motifs is 2. The molecule has 8 nitrogen and oxygen atoms in total. The molecule has 0 saturated carbocycles. The number of ether oxygens (including phenoxy) is 2. The fraction of sp³-hybridized carbons (Fsp3) is 0.333. The summed E-state index contributed by atoms with van der Waals surface area (Å²) in [5.41, 5.74) is 3.25. The average Bonchev–Trinajstić information content (AvgIpc) is 3.10. The van der Waals surface area contributed by atoms with Gasteiger partial charge in [0, 0.05) is 18.8 Å². The van der Waals surface area contributed by atoms with Crippen molar-refractivity contribution in [3.63, 3.8) is 0 Å². The van der Waals surface area contributed by atoms with E-state index in [2.05, 4.69) is 15.3 Å². The van der Waals surface area contributed by atoms with Crippen LogP contribution in [0.5, 0.6) is 11.5 Å². The Kier molecular flexibility index (Phi) is 3.95. The third-order valence-corrected chi connectivity index (χ3v) is 4.74. The highest BCUT2D eigenvalue weighted by molar-refractivity contribution is 5.86. The van der Waals surface area contributed by atoms with Crippen molar-refractivity contribution in [2.24, 2.45) is 0 Å². The van der Waals surface area contributed by atoms with Crippen molar-refractivity contribution in [3.8, 4) is 11.5 Å². The number of pyridine rings is 1. The molecule has 0 bridgehead atoms. The van der Waals surface area contributed by atoms with Crippen LogP contribution in [0.25, 0.3) is 11.2 Å². The first-order chi connectivity index (χ1) is 12.6. The van der Waals surface area contributed by atoms with E-state index in [1.165, 1.54) is 4.68 Å². The Morgan fingerprint density at radius 2 is 1.92 bits per heavy atom. The van der Waals surface area contributed by atoms with Crippen LogP contribution >= 0.6 is 0 Å². The minimum Gasteiger partial charge on any atom is -0.493 e. The first-order valence-electron chi connectivity index (χ1n) is 8.33. The summed E-state index contributed by atoms with van der Waals surface area (Å²) in [6.07, 6.45) is 2.36. The van der Waals surface area contributed by atoms with Gasteiger partial charge in [-0.25, -0.2) is 9.78 Å². The van der Waals surface area contributed by atoms with Crippen LogP contribution in [-0.4, -0.2) is 51.2 Å². The second kappa shape index (κ2) is 6.29. The zero-order valence-corrected chi connectivity index (χ0v) is 14.8. The Hall–Kier alpha value is -3.16. The van der Waals surface area contributed by atoms with Gasteiger partial charge in [0.1, 0.15) is 5.52 Å². The molecule has 0 radical (unpaired) electrons. The number of carbonyl (C=O) groups excluding carboxylic acids is 1. The van der Waals surface area contributed by atoms with E-state index < -0.39 is 0 Å². The SMILES string of the molecule is COc1cc2c(cc1OC)CN(C(=O)n1nnc3ncccc31)C(C)C2. The summed E-state index contributed by atoms with van der Waals surface area (Å²) in [6, 6.07) is 7.28. The first kappa shape index (κ1) is 16.3. The Bertz CT molecular complexity index is 984. The van der Waals surface area contributed by atoms with Gasteiger partial charge in [0.25, 0.3) is 0 Å². The molecule has 1 aliphatic rings. The molecule has 0 fully saturated rings. The number of aromatic nitrogens is 4. The van der Waals surface area contributed by atoms with Crippen LogP contribution in [0.4, 0.5) is 4.79 Å². The molecule has 3 heterocycles. The van der Waals surface area contributed by atoms with E-state index in [4.69, 9.17) is 9.47 Å². The smallest absolute Gasteiger partial charge is 0.347 e. The molecule has 26 heavy (non-hydrogen) atoms. The standard InChI is InChI=1S/C18H19N5O3/c1-11-7-12-8-15(25-2)16(26-3)9-13(12)10-22(11)18(24)23-14-5-4-6-19-17(14)20-21-23/h4-6,8-9,11H,7,10H2,1-3H3. The Morgan fingerprint density at radius 1 is 1.19 bits per heavy atom. The summed E-state index contributed by atoms with van der Waals surface area (Å²) in [5, 5.41) is 7.96. The highest BCUT2D eigenvalue weighted by Gasteiger charge is 2.30. The van der Waals surface area contributed by atoms with Crippen LogP contribution in [0.1, 0.15) is 18.1 Å². The van der Waals surface area contributed by atoms with E-state index in [0.717, 1.165) is 17.5 Å². The number of hydrogen-bond donors (Lipinski definition) is 0. The van der Waals surface area contributed by atoms with Crippen molar-refractivity contribution in [1.82, 2.24) is 24.9 Å². The van der Waals surface area contributed by atoms with E-state index in [9.17, 15) is 4.79 Å². The first-order valence-corrected chi connectivity index (χ1v) is 8.33. The van der Waals surface area contributed by atoms with Crippen LogP contribution in [0.15, 0.2) is 30.5 Å². The third kappa shape index (κ3) is 2.54. The van der Waals surface area contributed by atoms with Crippen molar-refractivity contribution in [2.75, 3.05) is 14.2 Å². The maximum atomic E-state index is 13.1. The maximum absolute atomic E-state index is 13.1. The monoisotopic (exact) mass is 353 g/mol. The molecule has 1 aromatic carbocycles. The van der Waals surface area contributed by atoms with Crippen LogP contribution in [0.2, 0.25) is 0 Å². The molecule has 134 valence electrons. The molecule has 1 atom stereocenters. The zero-order chi connectivity index (χ0) is 18.3. The number of rotatable bonds is 2. The van der Waals surface area contributed by atoms with Gasteiger partial charge in [0.05, 0.1) is 14.2 Å². The van der Waals surface area contributed by atoms with E-state index in [-0.39, 0.29) is 12.1 Å². The summed E-state index contributed by atoms with van der Waals surface area (Å²) in [5.74, 6) is 1.36. The van der Waals surface area contributed by atoms with Gasteiger partial charge in [0.15, 0.2) is 11.5 Å². The Balaban J connectivity index is 1.69. The van der Waals surface area contributed by atoms with Crippen LogP contribution in [0.3, 0.4) is 0 Å².